The fourth-order valence-corrected chi connectivity index (χ4v) is 3.19. The van der Waals surface area contributed by atoms with Gasteiger partial charge >= 0.3 is 0 Å². The van der Waals surface area contributed by atoms with Crippen LogP contribution in [0.3, 0.4) is 0 Å². The van der Waals surface area contributed by atoms with Crippen molar-refractivity contribution < 1.29 is 4.39 Å². The predicted octanol–water partition coefficient (Wildman–Crippen LogP) is 4.27. The average molecular weight is 349 g/mol. The Hall–Kier alpha value is -0.760. The molecule has 0 saturated heterocycles. The summed E-state index contributed by atoms with van der Waals surface area (Å²) in [6, 6.07) is 3.01. The molecule has 0 radical (unpaired) electrons. The first-order valence-electron chi connectivity index (χ1n) is 6.38. The van der Waals surface area contributed by atoms with Gasteiger partial charge in [-0.3, -0.25) is 4.99 Å². The molecule has 0 heterocycles. The van der Waals surface area contributed by atoms with Gasteiger partial charge in [0.1, 0.15) is 12.2 Å². The lowest BCUT2D eigenvalue weighted by molar-refractivity contribution is 0.603. The van der Waals surface area contributed by atoms with E-state index in [2.05, 4.69) is 26.7 Å². The minimum absolute atomic E-state index is 0.323. The van der Waals surface area contributed by atoms with Gasteiger partial charge in [-0.05, 0) is 56.1 Å². The van der Waals surface area contributed by atoms with Crippen LogP contribution in [0.5, 0.6) is 0 Å². The lowest BCUT2D eigenvalue weighted by atomic mass is 10.2. The van der Waals surface area contributed by atoms with Crippen molar-refractivity contribution >= 4 is 52.1 Å². The lowest BCUT2D eigenvalue weighted by Gasteiger charge is -2.10. The third-order valence-electron chi connectivity index (χ3n) is 2.49. The Bertz CT molecular complexity index is 485. The van der Waals surface area contributed by atoms with E-state index >= 15 is 0 Å². The number of nitrogens with one attached hydrogen (secondary N) is 2. The molecule has 1 aromatic carbocycles. The van der Waals surface area contributed by atoms with Gasteiger partial charge in [0.25, 0.3) is 0 Å². The number of benzene rings is 1. The standard InChI is InChI=1S/C13H18ClFN4S2/c1-16-5-3-4-6-18-12-8-11(15)13(7-10(12)14)20-21-19-9-17-2/h7-9,16,18H,2-6H2,1H3. The molecule has 21 heavy (non-hydrogen) atoms. The van der Waals surface area contributed by atoms with E-state index in [1.54, 1.807) is 6.07 Å². The summed E-state index contributed by atoms with van der Waals surface area (Å²) in [5, 5.41) is 6.73. The topological polar surface area (TPSA) is 48.8 Å². The highest BCUT2D eigenvalue weighted by Gasteiger charge is 2.09. The minimum atomic E-state index is -0.323. The molecule has 0 fully saturated rings. The van der Waals surface area contributed by atoms with Crippen LogP contribution < -0.4 is 10.6 Å². The Morgan fingerprint density at radius 2 is 2.14 bits per heavy atom. The molecule has 0 amide bonds. The van der Waals surface area contributed by atoms with E-state index in [-0.39, 0.29) is 5.82 Å². The maximum Gasteiger partial charge on any atom is 0.139 e. The summed E-state index contributed by atoms with van der Waals surface area (Å²) in [7, 11) is 4.21. The van der Waals surface area contributed by atoms with Gasteiger partial charge in [0.15, 0.2) is 0 Å². The smallest absolute Gasteiger partial charge is 0.139 e. The predicted molar refractivity (Wildman–Crippen MR) is 94.5 cm³/mol. The molecule has 0 bridgehead atoms. The molecule has 2 N–H and O–H groups in total. The number of anilines is 1. The highest BCUT2D eigenvalue weighted by Crippen LogP contribution is 2.37. The molecule has 0 unspecified atom stereocenters. The van der Waals surface area contributed by atoms with Gasteiger partial charge in [-0.2, -0.15) is 4.40 Å². The maximum absolute atomic E-state index is 13.9. The molecule has 0 aliphatic rings. The number of nitrogens with zero attached hydrogens (tertiary/aromatic N) is 2. The maximum atomic E-state index is 13.9. The van der Waals surface area contributed by atoms with Gasteiger partial charge in [-0.1, -0.05) is 11.6 Å². The number of hydrogen-bond acceptors (Lipinski definition) is 5. The Labute approximate surface area is 137 Å². The summed E-state index contributed by atoms with van der Waals surface area (Å²) in [5.41, 5.74) is 0.615. The zero-order valence-electron chi connectivity index (χ0n) is 11.7. The van der Waals surface area contributed by atoms with E-state index in [0.717, 1.165) is 36.9 Å². The molecule has 0 aliphatic heterocycles. The van der Waals surface area contributed by atoms with Gasteiger partial charge in [-0.25, -0.2) is 4.39 Å². The lowest BCUT2D eigenvalue weighted by Crippen LogP contribution is -2.10. The van der Waals surface area contributed by atoms with E-state index in [1.165, 1.54) is 23.2 Å². The molecular weight excluding hydrogens is 331 g/mol. The van der Waals surface area contributed by atoms with Crippen LogP contribution in [0.2, 0.25) is 5.02 Å². The second kappa shape index (κ2) is 10.9. The number of aliphatic imine (C=N–C) groups is 1. The molecule has 8 heteroatoms. The van der Waals surface area contributed by atoms with Crippen molar-refractivity contribution in [3.8, 4) is 0 Å². The van der Waals surface area contributed by atoms with E-state index in [4.69, 9.17) is 11.6 Å². The third kappa shape index (κ3) is 7.17. The first-order chi connectivity index (χ1) is 10.2. The molecule has 116 valence electrons. The van der Waals surface area contributed by atoms with Crippen LogP contribution in [0.4, 0.5) is 10.1 Å². The zero-order chi connectivity index (χ0) is 15.5. The Kier molecular flexibility index (Phi) is 9.49. The summed E-state index contributed by atoms with van der Waals surface area (Å²) in [6.45, 7) is 5.00. The van der Waals surface area contributed by atoms with Crippen LogP contribution in [0.15, 0.2) is 26.4 Å². The van der Waals surface area contributed by atoms with Crippen molar-refractivity contribution in [2.45, 2.75) is 17.7 Å². The molecule has 0 aliphatic carbocycles. The summed E-state index contributed by atoms with van der Waals surface area (Å²) in [5.74, 6) is -0.323. The van der Waals surface area contributed by atoms with Crippen molar-refractivity contribution in [1.29, 1.82) is 0 Å². The van der Waals surface area contributed by atoms with Gasteiger partial charge in [-0.15, -0.1) is 0 Å². The molecule has 0 spiro atoms. The van der Waals surface area contributed by atoms with Crippen LogP contribution in [-0.4, -0.2) is 33.2 Å². The van der Waals surface area contributed by atoms with E-state index in [1.807, 2.05) is 7.05 Å². The average Bonchev–Trinajstić information content (AvgIpc) is 2.47. The van der Waals surface area contributed by atoms with Crippen LogP contribution in [0.1, 0.15) is 12.8 Å². The zero-order valence-corrected chi connectivity index (χ0v) is 14.1. The molecule has 4 nitrogen and oxygen atoms in total. The molecular formula is C13H18ClFN4S2. The number of hydrogen-bond donors (Lipinski definition) is 2. The largest absolute Gasteiger partial charge is 0.384 e. The summed E-state index contributed by atoms with van der Waals surface area (Å²) < 4.78 is 17.8. The third-order valence-corrected chi connectivity index (χ3v) is 4.57. The number of rotatable bonds is 10. The summed E-state index contributed by atoms with van der Waals surface area (Å²) in [4.78, 5) is 3.90. The highest BCUT2D eigenvalue weighted by atomic mass is 35.5. The first kappa shape index (κ1) is 18.3. The fourth-order valence-electron chi connectivity index (χ4n) is 1.49. The van der Waals surface area contributed by atoms with E-state index in [9.17, 15) is 4.39 Å². The highest BCUT2D eigenvalue weighted by molar-refractivity contribution is 8.76. The van der Waals surface area contributed by atoms with Crippen LogP contribution in [-0.2, 0) is 0 Å². The quantitative estimate of drug-likeness (QED) is 0.218. The summed E-state index contributed by atoms with van der Waals surface area (Å²) in [6.07, 6.45) is 3.36. The second-order valence-corrected chi connectivity index (χ2v) is 6.38. The molecule has 1 aromatic rings. The van der Waals surface area contributed by atoms with Crippen LogP contribution in [0, 0.1) is 5.82 Å². The van der Waals surface area contributed by atoms with Gasteiger partial charge in [0, 0.05) is 6.54 Å². The van der Waals surface area contributed by atoms with E-state index in [0.29, 0.717) is 15.6 Å². The van der Waals surface area contributed by atoms with Crippen LogP contribution in [0.25, 0.3) is 0 Å². The molecule has 0 saturated carbocycles. The van der Waals surface area contributed by atoms with Crippen LogP contribution >= 0.6 is 33.4 Å². The molecule has 0 aromatic heterocycles. The van der Waals surface area contributed by atoms with Gasteiger partial charge in [0.05, 0.1) is 26.6 Å². The summed E-state index contributed by atoms with van der Waals surface area (Å²) >= 11 is 6.15. The van der Waals surface area contributed by atoms with Gasteiger partial charge < -0.3 is 10.6 Å². The van der Waals surface area contributed by atoms with Crippen molar-refractivity contribution in [2.75, 3.05) is 25.5 Å². The Morgan fingerprint density at radius 3 is 2.86 bits per heavy atom. The van der Waals surface area contributed by atoms with Crippen molar-refractivity contribution in [3.05, 3.63) is 23.0 Å². The van der Waals surface area contributed by atoms with Crippen molar-refractivity contribution in [2.24, 2.45) is 9.39 Å². The van der Waals surface area contributed by atoms with Gasteiger partial charge in [0.2, 0.25) is 0 Å². The monoisotopic (exact) mass is 348 g/mol. The molecule has 0 atom stereocenters. The van der Waals surface area contributed by atoms with Crippen molar-refractivity contribution in [3.63, 3.8) is 0 Å². The van der Waals surface area contributed by atoms with E-state index < -0.39 is 0 Å². The first-order valence-corrected chi connectivity index (χ1v) is 8.86. The fraction of sp³-hybridized carbons (Fsp3) is 0.385. The Balaban J connectivity index is 2.53. The SMILES string of the molecule is C=NC=NSSc1cc(Cl)c(NCCCCNC)cc1F. The number of halogens is 2. The normalized spacial score (nSPS) is 11.0. The number of unbranched alkanes of at least 4 members (excludes halogenated alkanes) is 1. The van der Waals surface area contributed by atoms with Crippen molar-refractivity contribution in [1.82, 2.24) is 5.32 Å². The minimum Gasteiger partial charge on any atom is -0.384 e. The molecule has 1 rings (SSSR count). The Morgan fingerprint density at radius 1 is 1.38 bits per heavy atom. The second-order valence-electron chi connectivity index (χ2n) is 4.06.